The van der Waals surface area contributed by atoms with Gasteiger partial charge in [-0.05, 0) is 236 Å². The Hall–Kier alpha value is -18.4. The third-order valence-corrected chi connectivity index (χ3v) is 21.8. The molecule has 17 heteroatoms. The molecule has 0 aliphatic rings. The first-order chi connectivity index (χ1) is 68.7. The predicted molar refractivity (Wildman–Crippen MR) is 568 cm³/mol. The lowest BCUT2D eigenvalue weighted by molar-refractivity contribution is 0.982. The molecule has 10 heterocycles. The first-order valence-electron chi connectivity index (χ1n) is 45.9. The zero-order valence-electron chi connectivity index (χ0n) is 79.2. The molecule has 12 aromatic carbocycles. The van der Waals surface area contributed by atoms with E-state index in [0.29, 0.717) is 5.82 Å². The standard InChI is InChI=1S/2C24H19N.2C16H13N3.C12H11N.C11H10N2.2C10H9N3/c1-18-15-22(17-23(16-18)24-9-5-6-14-25-24)21-12-10-20(11-13-21)19-7-3-2-4-8-19;1-18-15-23(17-24(16-18)22-11-13-25-14-12-22)21-9-7-20(8-10-21)19-5-3-2-4-6-19;1-12-17-11-18-16(19-12)15-9-7-14(8-10-15)13-5-3-2-4-6-13;1-12-11-15(13-5-3-2-4-6-13)19-16(18-12)14-7-9-17-10-8-14;1-10-5-4-6-11(9-10)12-7-2-3-8-13-12;1-9-7-8-12-11(13-9)10-5-3-2-4-6-10;1-8-2-7-12-10(13-8)9-3-5-11-6-4-9;1-8-11-7-12-10(13-8)9-5-3-2-4-6-9/h2*2-17H,1H3;2*2-11H,1H3;2-9H,1H3;2-8H,1H3;2*2-7H,1H3. The molecule has 0 aliphatic carbocycles. The van der Waals surface area contributed by atoms with Gasteiger partial charge in [0.2, 0.25) is 0 Å². The van der Waals surface area contributed by atoms with E-state index in [1.54, 1.807) is 43.5 Å². The van der Waals surface area contributed by atoms with Gasteiger partial charge < -0.3 is 0 Å². The lowest BCUT2D eigenvalue weighted by Crippen LogP contribution is -1.95. The summed E-state index contributed by atoms with van der Waals surface area (Å²) < 4.78 is 0. The Morgan fingerprint density at radius 3 is 0.800 bits per heavy atom. The van der Waals surface area contributed by atoms with Crippen molar-refractivity contribution in [2.45, 2.75) is 55.4 Å². The van der Waals surface area contributed by atoms with Gasteiger partial charge in [0.05, 0.1) is 17.1 Å². The summed E-state index contributed by atoms with van der Waals surface area (Å²) >= 11 is 0. The molecule has 17 nitrogen and oxygen atoms in total. The Balaban J connectivity index is 0.000000123. The Labute approximate surface area is 818 Å². The molecule has 0 saturated carbocycles. The highest BCUT2D eigenvalue weighted by molar-refractivity contribution is 5.78. The fourth-order valence-corrected chi connectivity index (χ4v) is 14.9. The van der Waals surface area contributed by atoms with Crippen molar-refractivity contribution >= 4 is 0 Å². The fraction of sp³-hybridized carbons (Fsp3) is 0.0650. The van der Waals surface area contributed by atoms with Crippen molar-refractivity contribution in [2.24, 2.45) is 0 Å². The van der Waals surface area contributed by atoms with Crippen LogP contribution in [0.25, 0.3) is 157 Å². The van der Waals surface area contributed by atoms with E-state index in [2.05, 4.69) is 318 Å². The highest BCUT2D eigenvalue weighted by Crippen LogP contribution is 2.34. The molecule has 0 unspecified atom stereocenters. The molecule has 22 aromatic rings. The van der Waals surface area contributed by atoms with Crippen LogP contribution in [-0.2, 0) is 0 Å². The van der Waals surface area contributed by atoms with Crippen LogP contribution >= 0.6 is 0 Å². The monoisotopic (exact) mass is 1820 g/mol. The van der Waals surface area contributed by atoms with Crippen LogP contribution in [0.15, 0.2) is 481 Å². The summed E-state index contributed by atoms with van der Waals surface area (Å²) in [6, 6.07) is 138. The van der Waals surface area contributed by atoms with E-state index in [0.717, 1.165) is 108 Å². The van der Waals surface area contributed by atoms with Crippen LogP contribution < -0.4 is 0 Å². The highest BCUT2D eigenvalue weighted by Gasteiger charge is 2.13. The average Bonchev–Trinajstić information content (AvgIpc) is 0.815. The summed E-state index contributed by atoms with van der Waals surface area (Å²) in [5.74, 6) is 5.20. The number of nitrogens with zero attached hydrogens (tertiary/aromatic N) is 17. The largest absolute Gasteiger partial charge is 0.265 e. The van der Waals surface area contributed by atoms with Gasteiger partial charge >= 0.3 is 0 Å². The fourth-order valence-electron chi connectivity index (χ4n) is 14.9. The molecule has 10 aromatic heterocycles. The first-order valence-corrected chi connectivity index (χ1v) is 45.9. The second kappa shape index (κ2) is 50.1. The van der Waals surface area contributed by atoms with E-state index in [-0.39, 0.29) is 0 Å². The normalized spacial score (nSPS) is 10.3. The van der Waals surface area contributed by atoms with E-state index in [1.807, 2.05) is 254 Å². The molecule has 0 saturated heterocycles. The zero-order valence-corrected chi connectivity index (χ0v) is 79.2. The van der Waals surface area contributed by atoms with Crippen molar-refractivity contribution in [3.05, 3.63) is 526 Å². The molecule has 0 radical (unpaired) electrons. The van der Waals surface area contributed by atoms with Gasteiger partial charge in [0, 0.05) is 124 Å². The molecule has 22 rings (SSSR count). The van der Waals surface area contributed by atoms with Gasteiger partial charge in [-0.1, -0.05) is 309 Å². The van der Waals surface area contributed by atoms with E-state index < -0.39 is 0 Å². The first kappa shape index (κ1) is 96.2. The summed E-state index contributed by atoms with van der Waals surface area (Å²) in [7, 11) is 0. The molecule has 0 fully saturated rings. The summed E-state index contributed by atoms with van der Waals surface area (Å²) in [5.41, 5.74) is 32.9. The van der Waals surface area contributed by atoms with E-state index >= 15 is 0 Å². The molecule has 0 atom stereocenters. The third kappa shape index (κ3) is 28.8. The minimum atomic E-state index is 0.715. The van der Waals surface area contributed by atoms with Crippen molar-refractivity contribution in [1.29, 1.82) is 0 Å². The van der Waals surface area contributed by atoms with Crippen LogP contribution in [0.5, 0.6) is 0 Å². The van der Waals surface area contributed by atoms with Crippen molar-refractivity contribution in [3.63, 3.8) is 0 Å². The number of aromatic nitrogens is 17. The van der Waals surface area contributed by atoms with Gasteiger partial charge in [-0.2, -0.15) is 0 Å². The van der Waals surface area contributed by atoms with Crippen LogP contribution in [0.1, 0.15) is 45.4 Å². The molecular weight excluding hydrogens is 1720 g/mol. The Bertz CT molecular complexity index is 7000. The van der Waals surface area contributed by atoms with Gasteiger partial charge in [0.1, 0.15) is 24.3 Å². The zero-order chi connectivity index (χ0) is 96.7. The minimum Gasteiger partial charge on any atom is -0.265 e. The Morgan fingerprint density at radius 2 is 0.421 bits per heavy atom. The molecular formula is C123H103N17. The van der Waals surface area contributed by atoms with Crippen LogP contribution in [0, 0.1) is 55.4 Å². The maximum Gasteiger partial charge on any atom is 0.162 e. The predicted octanol–water partition coefficient (Wildman–Crippen LogP) is 29.0. The lowest BCUT2D eigenvalue weighted by Gasteiger charge is -2.09. The molecule has 140 heavy (non-hydrogen) atoms. The van der Waals surface area contributed by atoms with E-state index in [1.165, 1.54) is 95.3 Å². The SMILES string of the molecule is Cc1cc(-c2ccc(-c3ccccc3)cc2)cc(-c2ccccn2)c1.Cc1cc(-c2ccccc2)nc(-c2ccncc2)n1.Cc1cc(-c2ccncc2)cc(-c2ccc(-c3ccccc3)cc2)c1.Cc1cccc(-c2ccccn2)c1.Cc1ccnc(-c2ccccc2)n1.Cc1ccnc(-c2ccncc2)n1.Cc1ncnc(-c2ccc(-c3ccccc3)cc2)n1.Cc1ncnc(-c2ccccc2)n1. The molecule has 0 bridgehead atoms. The maximum atomic E-state index is 4.64. The molecule has 0 N–H and O–H groups in total. The Kier molecular flexibility index (Phi) is 34.4. The van der Waals surface area contributed by atoms with Gasteiger partial charge in [-0.25, -0.2) is 59.8 Å². The number of rotatable bonds is 14. The van der Waals surface area contributed by atoms with Crippen LogP contribution in [0.3, 0.4) is 0 Å². The van der Waals surface area contributed by atoms with Crippen molar-refractivity contribution in [2.75, 3.05) is 0 Å². The number of benzene rings is 12. The van der Waals surface area contributed by atoms with Crippen molar-refractivity contribution in [3.8, 4) is 157 Å². The second-order valence-electron chi connectivity index (χ2n) is 32.6. The van der Waals surface area contributed by atoms with E-state index in [4.69, 9.17) is 0 Å². The van der Waals surface area contributed by atoms with Crippen molar-refractivity contribution in [1.82, 2.24) is 84.7 Å². The second-order valence-corrected chi connectivity index (χ2v) is 32.6. The smallest absolute Gasteiger partial charge is 0.162 e. The topological polar surface area (TPSA) is 219 Å². The summed E-state index contributed by atoms with van der Waals surface area (Å²) in [6.07, 6.45) is 20.9. The molecule has 0 aliphatic heterocycles. The number of hydrogen-bond acceptors (Lipinski definition) is 17. The lowest BCUT2D eigenvalue weighted by atomic mass is 9.95. The van der Waals surface area contributed by atoms with Crippen molar-refractivity contribution < 1.29 is 0 Å². The van der Waals surface area contributed by atoms with Gasteiger partial charge in [0.15, 0.2) is 29.1 Å². The molecule has 680 valence electrons. The van der Waals surface area contributed by atoms with Crippen LogP contribution in [-0.4, -0.2) is 84.7 Å². The molecule has 0 spiro atoms. The Morgan fingerprint density at radius 1 is 0.136 bits per heavy atom. The highest BCUT2D eigenvalue weighted by atomic mass is 15.0. The van der Waals surface area contributed by atoms with Gasteiger partial charge in [-0.15, -0.1) is 0 Å². The summed E-state index contributed by atoms with van der Waals surface area (Å²) in [5, 5.41) is 0. The van der Waals surface area contributed by atoms with Gasteiger partial charge in [-0.3, -0.25) is 24.9 Å². The summed E-state index contributed by atoms with van der Waals surface area (Å²) in [4.78, 5) is 71.7. The number of hydrogen-bond donors (Lipinski definition) is 0. The van der Waals surface area contributed by atoms with E-state index in [9.17, 15) is 0 Å². The maximum absolute atomic E-state index is 4.64. The average molecular weight is 1820 g/mol. The number of pyridine rings is 5. The van der Waals surface area contributed by atoms with Crippen LogP contribution in [0.4, 0.5) is 0 Å². The number of aryl methyl sites for hydroxylation is 8. The molecule has 0 amide bonds. The third-order valence-electron chi connectivity index (χ3n) is 21.8. The van der Waals surface area contributed by atoms with Crippen LogP contribution in [0.2, 0.25) is 0 Å². The quantitative estimate of drug-likeness (QED) is 0.0988. The summed E-state index contributed by atoms with van der Waals surface area (Å²) in [6.45, 7) is 16.0. The van der Waals surface area contributed by atoms with Gasteiger partial charge in [0.25, 0.3) is 0 Å². The minimum absolute atomic E-state index is 0.715.